The lowest BCUT2D eigenvalue weighted by Gasteiger charge is -2.10. The fraction of sp³-hybridized carbons (Fsp3) is 0.778. The van der Waals surface area contributed by atoms with E-state index in [2.05, 4.69) is 5.32 Å². The normalized spacial score (nSPS) is 12.2. The minimum absolute atomic E-state index is 0.0325. The van der Waals surface area contributed by atoms with E-state index in [1.54, 1.807) is 0 Å². The maximum absolute atomic E-state index is 11.3. The molecule has 6 nitrogen and oxygen atoms in total. The first-order chi connectivity index (χ1) is 7.07. The van der Waals surface area contributed by atoms with Crippen LogP contribution < -0.4 is 16.5 Å². The average molecular weight is 217 g/mol. The van der Waals surface area contributed by atoms with E-state index in [9.17, 15) is 9.59 Å². The van der Waals surface area contributed by atoms with E-state index in [4.69, 9.17) is 10.9 Å². The van der Waals surface area contributed by atoms with Gasteiger partial charge >= 0.3 is 0 Å². The Kier molecular flexibility index (Phi) is 7.79. The molecular formula is C9H19N3O3. The molecule has 0 unspecified atom stereocenters. The van der Waals surface area contributed by atoms with Crippen LogP contribution in [0.4, 0.5) is 0 Å². The van der Waals surface area contributed by atoms with E-state index in [0.717, 1.165) is 12.8 Å². The zero-order valence-electron chi connectivity index (χ0n) is 8.95. The number of amides is 1. The Morgan fingerprint density at radius 1 is 1.40 bits per heavy atom. The molecular weight excluding hydrogens is 198 g/mol. The highest BCUT2D eigenvalue weighted by atomic mass is 16.5. The van der Waals surface area contributed by atoms with Crippen LogP contribution in [-0.4, -0.2) is 36.0 Å². The van der Waals surface area contributed by atoms with Crippen LogP contribution in [-0.2, 0) is 9.59 Å². The van der Waals surface area contributed by atoms with Gasteiger partial charge in [-0.2, -0.15) is 0 Å². The second-order valence-corrected chi connectivity index (χ2v) is 3.43. The predicted molar refractivity (Wildman–Crippen MR) is 55.3 cm³/mol. The van der Waals surface area contributed by atoms with Gasteiger partial charge in [-0.25, -0.2) is 5.48 Å². The Bertz CT molecular complexity index is 209. The molecule has 0 rings (SSSR count). The molecule has 0 saturated carbocycles. The number of ketones is 1. The molecule has 0 radical (unpaired) electrons. The van der Waals surface area contributed by atoms with Crippen LogP contribution in [0.25, 0.3) is 0 Å². The van der Waals surface area contributed by atoms with Crippen LogP contribution in [0.5, 0.6) is 0 Å². The van der Waals surface area contributed by atoms with Gasteiger partial charge in [-0.3, -0.25) is 9.59 Å². The molecule has 0 aromatic rings. The number of nitrogens with one attached hydrogen (secondary N) is 2. The molecule has 0 fully saturated rings. The van der Waals surface area contributed by atoms with E-state index < -0.39 is 6.04 Å². The number of unbranched alkanes of at least 4 members (excludes halogenated alkanes) is 1. The van der Waals surface area contributed by atoms with Crippen molar-refractivity contribution in [3.63, 3.8) is 0 Å². The molecule has 0 aromatic heterocycles. The molecule has 0 aliphatic carbocycles. The largest absolute Gasteiger partial charge is 0.348 e. The molecule has 1 atom stereocenters. The summed E-state index contributed by atoms with van der Waals surface area (Å²) >= 11 is 0. The summed E-state index contributed by atoms with van der Waals surface area (Å²) in [6, 6.07) is -0.581. The smallest absolute Gasteiger partial charge is 0.237 e. The van der Waals surface area contributed by atoms with Crippen molar-refractivity contribution in [2.75, 3.05) is 13.1 Å². The first kappa shape index (κ1) is 14.0. The van der Waals surface area contributed by atoms with E-state index in [1.165, 1.54) is 6.92 Å². The van der Waals surface area contributed by atoms with Gasteiger partial charge in [-0.05, 0) is 19.8 Å². The zero-order chi connectivity index (χ0) is 11.7. The molecule has 0 bridgehead atoms. The third-order valence-electron chi connectivity index (χ3n) is 1.90. The van der Waals surface area contributed by atoms with E-state index in [-0.39, 0.29) is 18.2 Å². The van der Waals surface area contributed by atoms with Crippen LogP contribution in [0.2, 0.25) is 0 Å². The second kappa shape index (κ2) is 8.34. The maximum atomic E-state index is 11.3. The van der Waals surface area contributed by atoms with Crippen molar-refractivity contribution in [3.05, 3.63) is 0 Å². The number of rotatable bonds is 8. The molecule has 0 heterocycles. The van der Waals surface area contributed by atoms with Crippen molar-refractivity contribution in [3.8, 4) is 0 Å². The minimum Gasteiger partial charge on any atom is -0.348 e. The number of hydrogen-bond acceptors (Lipinski definition) is 5. The van der Waals surface area contributed by atoms with Crippen molar-refractivity contribution in [1.82, 2.24) is 10.8 Å². The second-order valence-electron chi connectivity index (χ2n) is 3.43. The summed E-state index contributed by atoms with van der Waals surface area (Å²) in [5.74, 6) is -0.401. The third kappa shape index (κ3) is 8.04. The molecule has 0 aromatic carbocycles. The first-order valence-corrected chi connectivity index (χ1v) is 4.97. The maximum Gasteiger partial charge on any atom is 0.237 e. The van der Waals surface area contributed by atoms with E-state index >= 15 is 0 Å². The van der Waals surface area contributed by atoms with Gasteiger partial charge in [-0.15, -0.1) is 0 Å². The van der Waals surface area contributed by atoms with Crippen molar-refractivity contribution < 1.29 is 14.8 Å². The molecule has 6 heteroatoms. The Labute approximate surface area is 89.2 Å². The number of carbonyl (C=O) groups is 2. The number of Topliss-reactive ketones (excluding diaryl/α,β-unsaturated/α-hetero) is 1. The van der Waals surface area contributed by atoms with Gasteiger partial charge in [0.15, 0.2) is 0 Å². The Balaban J connectivity index is 3.55. The molecule has 88 valence electrons. The summed E-state index contributed by atoms with van der Waals surface area (Å²) in [5, 5.41) is 10.7. The van der Waals surface area contributed by atoms with Crippen molar-refractivity contribution in [2.45, 2.75) is 32.2 Å². The quantitative estimate of drug-likeness (QED) is 0.314. The molecule has 0 aliphatic rings. The monoisotopic (exact) mass is 217 g/mol. The number of nitrogens with two attached hydrogens (primary N) is 1. The van der Waals surface area contributed by atoms with Gasteiger partial charge < -0.3 is 16.3 Å². The Hall–Kier alpha value is -0.980. The fourth-order valence-electron chi connectivity index (χ4n) is 1.04. The summed E-state index contributed by atoms with van der Waals surface area (Å²) in [4.78, 5) is 21.8. The number of hydrogen-bond donors (Lipinski definition) is 4. The van der Waals surface area contributed by atoms with E-state index in [0.29, 0.717) is 13.0 Å². The lowest BCUT2D eigenvalue weighted by molar-refractivity contribution is -0.125. The van der Waals surface area contributed by atoms with Crippen LogP contribution >= 0.6 is 0 Å². The lowest BCUT2D eigenvalue weighted by atomic mass is 10.1. The van der Waals surface area contributed by atoms with Gasteiger partial charge in [0.2, 0.25) is 5.91 Å². The SMILES string of the molecule is CC(=O)CNC(=O)[C@H](N)CCCCNO. The van der Waals surface area contributed by atoms with Gasteiger partial charge in [0.25, 0.3) is 0 Å². The summed E-state index contributed by atoms with van der Waals surface area (Å²) < 4.78 is 0. The average Bonchev–Trinajstić information content (AvgIpc) is 2.20. The highest BCUT2D eigenvalue weighted by Crippen LogP contribution is 1.98. The highest BCUT2D eigenvalue weighted by molar-refractivity contribution is 5.87. The number of hydroxylamine groups is 1. The van der Waals surface area contributed by atoms with Crippen LogP contribution in [0.3, 0.4) is 0 Å². The van der Waals surface area contributed by atoms with Gasteiger partial charge in [-0.1, -0.05) is 6.42 Å². The fourth-order valence-corrected chi connectivity index (χ4v) is 1.04. The first-order valence-electron chi connectivity index (χ1n) is 4.97. The molecule has 0 spiro atoms. The Morgan fingerprint density at radius 3 is 2.60 bits per heavy atom. The van der Waals surface area contributed by atoms with Gasteiger partial charge in [0.1, 0.15) is 5.78 Å². The predicted octanol–water partition coefficient (Wildman–Crippen LogP) is -0.832. The van der Waals surface area contributed by atoms with Crippen LogP contribution in [0.15, 0.2) is 0 Å². The molecule has 1 amide bonds. The highest BCUT2D eigenvalue weighted by Gasteiger charge is 2.12. The molecule has 5 N–H and O–H groups in total. The Morgan fingerprint density at radius 2 is 2.07 bits per heavy atom. The van der Waals surface area contributed by atoms with Crippen LogP contribution in [0.1, 0.15) is 26.2 Å². The summed E-state index contributed by atoms with van der Waals surface area (Å²) in [6.07, 6.45) is 2.05. The lowest BCUT2D eigenvalue weighted by Crippen LogP contribution is -2.42. The van der Waals surface area contributed by atoms with Gasteiger partial charge in [0.05, 0.1) is 12.6 Å². The van der Waals surface area contributed by atoms with Crippen molar-refractivity contribution in [1.29, 1.82) is 0 Å². The standard InChI is InChI=1S/C9H19N3O3/c1-7(13)6-11-9(14)8(10)4-2-3-5-12-15/h8,12,15H,2-6,10H2,1H3,(H,11,14)/t8-/m1/s1. The summed E-state index contributed by atoms with van der Waals surface area (Å²) in [5.41, 5.74) is 7.60. The summed E-state index contributed by atoms with van der Waals surface area (Å²) in [6.45, 7) is 1.92. The number of carbonyl (C=O) groups excluding carboxylic acids is 2. The topological polar surface area (TPSA) is 104 Å². The van der Waals surface area contributed by atoms with Crippen LogP contribution in [0, 0.1) is 0 Å². The van der Waals surface area contributed by atoms with Crippen molar-refractivity contribution >= 4 is 11.7 Å². The van der Waals surface area contributed by atoms with Crippen molar-refractivity contribution in [2.24, 2.45) is 5.73 Å². The van der Waals surface area contributed by atoms with Gasteiger partial charge in [0, 0.05) is 6.54 Å². The minimum atomic E-state index is -0.581. The molecule has 0 aliphatic heterocycles. The molecule has 15 heavy (non-hydrogen) atoms. The third-order valence-corrected chi connectivity index (χ3v) is 1.90. The summed E-state index contributed by atoms with van der Waals surface area (Å²) in [7, 11) is 0. The van der Waals surface area contributed by atoms with E-state index in [1.807, 2.05) is 5.48 Å². The zero-order valence-corrected chi connectivity index (χ0v) is 8.95. The molecule has 0 saturated heterocycles.